The molecule has 90 valence electrons. The average Bonchev–Trinajstić information content (AvgIpc) is 2.62. The van der Waals surface area contributed by atoms with E-state index in [0.717, 1.165) is 0 Å². The smallest absolute Gasteiger partial charge is 0.0898 e. The Bertz CT molecular complexity index is 171. The van der Waals surface area contributed by atoms with Crippen molar-refractivity contribution in [2.75, 3.05) is 13.2 Å². The Hall–Kier alpha value is -0.120. The molecule has 0 aromatic heterocycles. The number of ether oxygens (including phenoxy) is 1. The molecule has 1 fully saturated rings. The fourth-order valence-corrected chi connectivity index (χ4v) is 1.79. The van der Waals surface area contributed by atoms with Gasteiger partial charge in [-0.15, -0.1) is 0 Å². The van der Waals surface area contributed by atoms with Crippen molar-refractivity contribution in [3.05, 3.63) is 0 Å². The van der Waals surface area contributed by atoms with E-state index >= 15 is 0 Å². The molecule has 3 heteroatoms. The molecule has 1 rings (SSSR count). The normalized spacial score (nSPS) is 20.8. The Kier molecular flexibility index (Phi) is 5.03. The molecule has 0 aromatic carbocycles. The van der Waals surface area contributed by atoms with Crippen molar-refractivity contribution in [3.63, 3.8) is 0 Å². The highest BCUT2D eigenvalue weighted by Gasteiger charge is 2.17. The number of β-amino-alcohol motifs (C(OH)–C–C–N with tert-alkyl or cyclic N) is 1. The Labute approximate surface area is 93.2 Å². The lowest BCUT2D eigenvalue weighted by atomic mass is 10.1. The van der Waals surface area contributed by atoms with Crippen LogP contribution in [0.25, 0.3) is 0 Å². The first-order valence-electron chi connectivity index (χ1n) is 6.02. The van der Waals surface area contributed by atoms with E-state index in [1.54, 1.807) is 0 Å². The van der Waals surface area contributed by atoms with E-state index in [1.807, 2.05) is 0 Å². The lowest BCUT2D eigenvalue weighted by molar-refractivity contribution is -0.00714. The number of rotatable bonds is 5. The van der Waals surface area contributed by atoms with Crippen LogP contribution in [0.5, 0.6) is 0 Å². The van der Waals surface area contributed by atoms with Gasteiger partial charge in [0.25, 0.3) is 0 Å². The molecule has 1 atom stereocenters. The highest BCUT2D eigenvalue weighted by Crippen LogP contribution is 2.20. The first kappa shape index (κ1) is 12.9. The third kappa shape index (κ3) is 6.13. The van der Waals surface area contributed by atoms with Crippen molar-refractivity contribution in [1.29, 1.82) is 0 Å². The largest absolute Gasteiger partial charge is 0.389 e. The lowest BCUT2D eigenvalue weighted by Gasteiger charge is -2.23. The van der Waals surface area contributed by atoms with Gasteiger partial charge in [0.1, 0.15) is 0 Å². The number of hydrogen-bond donors (Lipinski definition) is 2. The summed E-state index contributed by atoms with van der Waals surface area (Å²) in [5.41, 5.74) is 0.0638. The predicted octanol–water partition coefficient (Wildman–Crippen LogP) is 1.69. The minimum absolute atomic E-state index is 0.0638. The standard InChI is InChI=1S/C12H25NO2/c1-12(2,3)13-8-10(14)9-15-11-6-4-5-7-11/h10-11,13-14H,4-9H2,1-3H3/t10-/m0/s1. The maximum atomic E-state index is 9.69. The summed E-state index contributed by atoms with van der Waals surface area (Å²) in [4.78, 5) is 0. The molecule has 0 bridgehead atoms. The van der Waals surface area contributed by atoms with E-state index in [2.05, 4.69) is 26.1 Å². The Morgan fingerprint density at radius 3 is 2.47 bits per heavy atom. The van der Waals surface area contributed by atoms with Crippen LogP contribution in [-0.4, -0.2) is 36.0 Å². The second-order valence-electron chi connectivity index (χ2n) is 5.52. The van der Waals surface area contributed by atoms with Crippen LogP contribution in [-0.2, 0) is 4.74 Å². The van der Waals surface area contributed by atoms with Gasteiger partial charge < -0.3 is 15.2 Å². The van der Waals surface area contributed by atoms with Crippen molar-refractivity contribution < 1.29 is 9.84 Å². The van der Waals surface area contributed by atoms with Crippen molar-refractivity contribution in [2.45, 2.75) is 64.2 Å². The SMILES string of the molecule is CC(C)(C)NC[C@H](O)COC1CCCC1. The number of aliphatic hydroxyl groups is 1. The van der Waals surface area contributed by atoms with Crippen LogP contribution >= 0.6 is 0 Å². The third-order valence-corrected chi connectivity index (χ3v) is 2.69. The predicted molar refractivity (Wildman–Crippen MR) is 62.0 cm³/mol. The minimum atomic E-state index is -0.384. The van der Waals surface area contributed by atoms with Gasteiger partial charge in [-0.25, -0.2) is 0 Å². The highest BCUT2D eigenvalue weighted by atomic mass is 16.5. The molecule has 0 aliphatic heterocycles. The van der Waals surface area contributed by atoms with E-state index < -0.39 is 0 Å². The van der Waals surface area contributed by atoms with Crippen LogP contribution in [0, 0.1) is 0 Å². The number of nitrogens with one attached hydrogen (secondary N) is 1. The summed E-state index contributed by atoms with van der Waals surface area (Å²) < 4.78 is 5.64. The number of aliphatic hydroxyl groups excluding tert-OH is 1. The van der Waals surface area contributed by atoms with Crippen LogP contribution in [0.2, 0.25) is 0 Å². The molecule has 0 spiro atoms. The first-order chi connectivity index (χ1) is 6.97. The molecule has 0 unspecified atom stereocenters. The molecule has 1 aliphatic rings. The average molecular weight is 215 g/mol. The lowest BCUT2D eigenvalue weighted by Crippen LogP contribution is -2.42. The summed E-state index contributed by atoms with van der Waals surface area (Å²) in [6, 6.07) is 0. The Balaban J connectivity index is 2.05. The van der Waals surface area contributed by atoms with Gasteiger partial charge in [0.15, 0.2) is 0 Å². The zero-order valence-corrected chi connectivity index (χ0v) is 10.3. The van der Waals surface area contributed by atoms with E-state index in [9.17, 15) is 5.11 Å². The van der Waals surface area contributed by atoms with Crippen LogP contribution in [0.1, 0.15) is 46.5 Å². The summed E-state index contributed by atoms with van der Waals surface area (Å²) >= 11 is 0. The van der Waals surface area contributed by atoms with Gasteiger partial charge in [0.2, 0.25) is 0 Å². The Morgan fingerprint density at radius 1 is 1.33 bits per heavy atom. The van der Waals surface area contributed by atoms with Gasteiger partial charge in [-0.3, -0.25) is 0 Å². The second-order valence-corrected chi connectivity index (χ2v) is 5.52. The molecule has 15 heavy (non-hydrogen) atoms. The van der Waals surface area contributed by atoms with Crippen molar-refractivity contribution in [3.8, 4) is 0 Å². The van der Waals surface area contributed by atoms with Crippen molar-refractivity contribution >= 4 is 0 Å². The van der Waals surface area contributed by atoms with Crippen molar-refractivity contribution in [1.82, 2.24) is 5.32 Å². The van der Waals surface area contributed by atoms with Gasteiger partial charge in [0, 0.05) is 12.1 Å². The highest BCUT2D eigenvalue weighted by molar-refractivity contribution is 4.73. The van der Waals surface area contributed by atoms with Gasteiger partial charge in [-0.1, -0.05) is 12.8 Å². The third-order valence-electron chi connectivity index (χ3n) is 2.69. The summed E-state index contributed by atoms with van der Waals surface area (Å²) in [5, 5.41) is 13.0. The molecule has 0 saturated heterocycles. The molecule has 0 aromatic rings. The fourth-order valence-electron chi connectivity index (χ4n) is 1.79. The van der Waals surface area contributed by atoms with Crippen LogP contribution in [0.4, 0.5) is 0 Å². The molecular formula is C12H25NO2. The monoisotopic (exact) mass is 215 g/mol. The van der Waals surface area contributed by atoms with E-state index in [4.69, 9.17) is 4.74 Å². The van der Waals surface area contributed by atoms with Gasteiger partial charge in [0.05, 0.1) is 18.8 Å². The quantitative estimate of drug-likeness (QED) is 0.733. The summed E-state index contributed by atoms with van der Waals surface area (Å²) in [7, 11) is 0. The van der Waals surface area contributed by atoms with Gasteiger partial charge >= 0.3 is 0 Å². The molecule has 1 saturated carbocycles. The second kappa shape index (κ2) is 5.83. The van der Waals surface area contributed by atoms with Crippen LogP contribution in [0.3, 0.4) is 0 Å². The molecule has 0 amide bonds. The van der Waals surface area contributed by atoms with Crippen LogP contribution in [0.15, 0.2) is 0 Å². The number of hydrogen-bond acceptors (Lipinski definition) is 3. The van der Waals surface area contributed by atoms with Gasteiger partial charge in [-0.2, -0.15) is 0 Å². The minimum Gasteiger partial charge on any atom is -0.389 e. The Morgan fingerprint density at radius 2 is 1.93 bits per heavy atom. The summed E-state index contributed by atoms with van der Waals surface area (Å²) in [6.45, 7) is 7.36. The van der Waals surface area contributed by atoms with E-state index in [-0.39, 0.29) is 11.6 Å². The molecular weight excluding hydrogens is 190 g/mol. The maximum absolute atomic E-state index is 9.69. The van der Waals surface area contributed by atoms with Crippen molar-refractivity contribution in [2.24, 2.45) is 0 Å². The van der Waals surface area contributed by atoms with E-state index in [1.165, 1.54) is 25.7 Å². The fraction of sp³-hybridized carbons (Fsp3) is 1.00. The molecule has 0 radical (unpaired) electrons. The molecule has 3 nitrogen and oxygen atoms in total. The molecule has 0 heterocycles. The molecule has 1 aliphatic carbocycles. The first-order valence-corrected chi connectivity index (χ1v) is 6.02. The van der Waals surface area contributed by atoms with E-state index in [0.29, 0.717) is 19.3 Å². The zero-order chi connectivity index (χ0) is 11.3. The van der Waals surface area contributed by atoms with Gasteiger partial charge in [-0.05, 0) is 33.6 Å². The zero-order valence-electron chi connectivity index (χ0n) is 10.3. The molecule has 2 N–H and O–H groups in total. The topological polar surface area (TPSA) is 41.5 Å². The van der Waals surface area contributed by atoms with Crippen LogP contribution < -0.4 is 5.32 Å². The maximum Gasteiger partial charge on any atom is 0.0898 e. The summed E-state index contributed by atoms with van der Waals surface area (Å²) in [6.07, 6.45) is 4.90. The summed E-state index contributed by atoms with van der Waals surface area (Å²) in [5.74, 6) is 0.